The van der Waals surface area contributed by atoms with E-state index in [4.69, 9.17) is 9.97 Å². The quantitative estimate of drug-likeness (QED) is 0.517. The molecule has 5 rings (SSSR count). The molecule has 1 aromatic carbocycles. The summed E-state index contributed by atoms with van der Waals surface area (Å²) in [6, 6.07) is 12.6. The van der Waals surface area contributed by atoms with Gasteiger partial charge in [0.05, 0.1) is 10.9 Å². The molecule has 6 nitrogen and oxygen atoms in total. The Morgan fingerprint density at radius 3 is 2.68 bits per heavy atom. The number of fused-ring (bicyclic) bond motifs is 2. The number of para-hydroxylation sites is 1. The lowest BCUT2D eigenvalue weighted by Crippen LogP contribution is -2.47. The van der Waals surface area contributed by atoms with Crippen LogP contribution in [-0.2, 0) is 6.42 Å². The van der Waals surface area contributed by atoms with Crippen LogP contribution in [-0.4, -0.2) is 52.6 Å². The van der Waals surface area contributed by atoms with E-state index in [1.54, 1.807) is 11.3 Å². The largest absolute Gasteiger partial charge is 0.354 e. The summed E-state index contributed by atoms with van der Waals surface area (Å²) in [5, 5.41) is 1.94. The molecule has 0 radical (unpaired) electrons. The number of H-pyrrole nitrogens is 1. The fourth-order valence-corrected chi connectivity index (χ4v) is 5.37. The molecule has 0 atom stereocenters. The Kier molecular flexibility index (Phi) is 5.46. The Labute approximate surface area is 185 Å². The van der Waals surface area contributed by atoms with Crippen LogP contribution >= 0.6 is 11.3 Å². The van der Waals surface area contributed by atoms with Crippen LogP contribution in [0.15, 0.2) is 41.2 Å². The molecule has 1 aliphatic rings. The van der Waals surface area contributed by atoms with E-state index in [1.807, 2.05) is 26.0 Å². The predicted octanol–water partition coefficient (Wildman–Crippen LogP) is 3.90. The first kappa shape index (κ1) is 20.2. The van der Waals surface area contributed by atoms with Crippen LogP contribution in [0.3, 0.4) is 0 Å². The first-order valence-corrected chi connectivity index (χ1v) is 11.7. The van der Waals surface area contributed by atoms with E-state index >= 15 is 0 Å². The normalized spacial score (nSPS) is 15.2. The van der Waals surface area contributed by atoms with Gasteiger partial charge in [0.25, 0.3) is 5.56 Å². The van der Waals surface area contributed by atoms with Gasteiger partial charge in [0, 0.05) is 42.9 Å². The maximum absolute atomic E-state index is 12.4. The number of anilines is 1. The molecule has 0 unspecified atom stereocenters. The van der Waals surface area contributed by atoms with Crippen molar-refractivity contribution < 1.29 is 0 Å². The van der Waals surface area contributed by atoms with Crippen molar-refractivity contribution in [3.63, 3.8) is 0 Å². The first-order valence-electron chi connectivity index (χ1n) is 10.9. The highest BCUT2D eigenvalue weighted by molar-refractivity contribution is 7.18. The van der Waals surface area contributed by atoms with E-state index in [-0.39, 0.29) is 5.56 Å². The summed E-state index contributed by atoms with van der Waals surface area (Å²) in [7, 11) is 0. The monoisotopic (exact) mass is 433 g/mol. The van der Waals surface area contributed by atoms with E-state index in [2.05, 4.69) is 39.0 Å². The van der Waals surface area contributed by atoms with Crippen LogP contribution in [0.2, 0.25) is 0 Å². The third kappa shape index (κ3) is 4.07. The molecule has 4 heterocycles. The first-order chi connectivity index (χ1) is 15.1. The maximum Gasteiger partial charge on any atom is 0.259 e. The van der Waals surface area contributed by atoms with Crippen LogP contribution < -0.4 is 10.5 Å². The molecule has 3 aromatic heterocycles. The molecule has 1 fully saturated rings. The standard InChI is InChI=1S/C24H27N5OS/c1-16-17(2)31-24-22(16)23(30)26-20(27-24)8-5-11-28-12-14-29(15-13-28)21-10-9-18-6-3-4-7-19(18)25-21/h3-4,6-7,9-10H,5,8,11-15H2,1-2H3,(H,26,27,30). The van der Waals surface area contributed by atoms with Crippen molar-refractivity contribution in [3.05, 3.63) is 63.0 Å². The highest BCUT2D eigenvalue weighted by atomic mass is 32.1. The van der Waals surface area contributed by atoms with Crippen molar-refractivity contribution in [1.82, 2.24) is 19.9 Å². The van der Waals surface area contributed by atoms with Crippen molar-refractivity contribution >= 4 is 38.3 Å². The molecular weight excluding hydrogens is 406 g/mol. The Morgan fingerprint density at radius 1 is 1.03 bits per heavy atom. The number of piperazine rings is 1. The minimum absolute atomic E-state index is 0.00153. The van der Waals surface area contributed by atoms with E-state index in [0.29, 0.717) is 0 Å². The number of thiophene rings is 1. The average molecular weight is 434 g/mol. The van der Waals surface area contributed by atoms with Gasteiger partial charge in [0.15, 0.2) is 0 Å². The Bertz CT molecular complexity index is 1290. The van der Waals surface area contributed by atoms with Crippen molar-refractivity contribution in [2.75, 3.05) is 37.6 Å². The number of aryl methyl sites for hydroxylation is 3. The summed E-state index contributed by atoms with van der Waals surface area (Å²) in [5.74, 6) is 1.87. The Balaban J connectivity index is 1.16. The second kappa shape index (κ2) is 8.40. The Hall–Kier alpha value is -2.77. The number of nitrogens with zero attached hydrogens (tertiary/aromatic N) is 4. The third-order valence-corrected chi connectivity index (χ3v) is 7.36. The van der Waals surface area contributed by atoms with Crippen molar-refractivity contribution in [1.29, 1.82) is 0 Å². The third-order valence-electron chi connectivity index (χ3n) is 6.26. The smallest absolute Gasteiger partial charge is 0.259 e. The van der Waals surface area contributed by atoms with Crippen molar-refractivity contribution in [2.24, 2.45) is 0 Å². The summed E-state index contributed by atoms with van der Waals surface area (Å²) in [6.45, 7) is 9.09. The topological polar surface area (TPSA) is 65.1 Å². The number of hydrogen-bond donors (Lipinski definition) is 1. The fraction of sp³-hybridized carbons (Fsp3) is 0.375. The zero-order valence-corrected chi connectivity index (χ0v) is 18.8. The SMILES string of the molecule is Cc1sc2nc(CCCN3CCN(c4ccc5ccccc5n4)CC3)[nH]c(=O)c2c1C. The van der Waals surface area contributed by atoms with Gasteiger partial charge in [0.1, 0.15) is 16.5 Å². The average Bonchev–Trinajstić information content (AvgIpc) is 3.07. The van der Waals surface area contributed by atoms with Gasteiger partial charge < -0.3 is 9.88 Å². The molecule has 31 heavy (non-hydrogen) atoms. The van der Waals surface area contributed by atoms with Gasteiger partial charge in [-0.2, -0.15) is 0 Å². The summed E-state index contributed by atoms with van der Waals surface area (Å²) in [6.07, 6.45) is 1.79. The molecule has 7 heteroatoms. The number of aromatic nitrogens is 3. The van der Waals surface area contributed by atoms with Gasteiger partial charge in [-0.05, 0) is 50.6 Å². The molecule has 160 valence electrons. The molecule has 1 N–H and O–H groups in total. The molecule has 1 aliphatic heterocycles. The number of benzene rings is 1. The van der Waals surface area contributed by atoms with Crippen LogP contribution in [0.1, 0.15) is 22.7 Å². The number of hydrogen-bond acceptors (Lipinski definition) is 6. The predicted molar refractivity (Wildman–Crippen MR) is 128 cm³/mol. The molecule has 1 saturated heterocycles. The molecule has 0 spiro atoms. The maximum atomic E-state index is 12.4. The highest BCUT2D eigenvalue weighted by Gasteiger charge is 2.18. The second-order valence-electron chi connectivity index (χ2n) is 8.27. The summed E-state index contributed by atoms with van der Waals surface area (Å²) < 4.78 is 0. The summed E-state index contributed by atoms with van der Waals surface area (Å²) in [4.78, 5) is 31.9. The van der Waals surface area contributed by atoms with Gasteiger partial charge in [-0.1, -0.05) is 18.2 Å². The second-order valence-corrected chi connectivity index (χ2v) is 9.47. The fourth-order valence-electron chi connectivity index (χ4n) is 4.32. The highest BCUT2D eigenvalue weighted by Crippen LogP contribution is 2.26. The zero-order chi connectivity index (χ0) is 21.4. The lowest BCUT2D eigenvalue weighted by atomic mass is 10.2. The van der Waals surface area contributed by atoms with Crippen LogP contribution in [0, 0.1) is 13.8 Å². The van der Waals surface area contributed by atoms with Crippen molar-refractivity contribution in [3.8, 4) is 0 Å². The van der Waals surface area contributed by atoms with Crippen LogP contribution in [0.5, 0.6) is 0 Å². The van der Waals surface area contributed by atoms with E-state index in [9.17, 15) is 4.79 Å². The number of rotatable bonds is 5. The molecule has 0 amide bonds. The van der Waals surface area contributed by atoms with Gasteiger partial charge >= 0.3 is 0 Å². The molecule has 0 bridgehead atoms. The van der Waals surface area contributed by atoms with Crippen molar-refractivity contribution in [2.45, 2.75) is 26.7 Å². The molecule has 4 aromatic rings. The zero-order valence-electron chi connectivity index (χ0n) is 18.0. The number of aromatic amines is 1. The van der Waals surface area contributed by atoms with Gasteiger partial charge in [0.2, 0.25) is 0 Å². The van der Waals surface area contributed by atoms with E-state index in [0.717, 1.165) is 78.5 Å². The van der Waals surface area contributed by atoms with E-state index in [1.165, 1.54) is 10.3 Å². The number of pyridine rings is 1. The lowest BCUT2D eigenvalue weighted by molar-refractivity contribution is 0.254. The lowest BCUT2D eigenvalue weighted by Gasteiger charge is -2.35. The minimum atomic E-state index is -0.00153. The molecule has 0 aliphatic carbocycles. The molecule has 0 saturated carbocycles. The van der Waals surface area contributed by atoms with E-state index < -0.39 is 0 Å². The summed E-state index contributed by atoms with van der Waals surface area (Å²) in [5.41, 5.74) is 2.11. The minimum Gasteiger partial charge on any atom is -0.354 e. The van der Waals surface area contributed by atoms with Gasteiger partial charge in [-0.25, -0.2) is 9.97 Å². The summed E-state index contributed by atoms with van der Waals surface area (Å²) >= 11 is 1.61. The van der Waals surface area contributed by atoms with Crippen LogP contribution in [0.25, 0.3) is 21.1 Å². The number of nitrogens with one attached hydrogen (secondary N) is 1. The van der Waals surface area contributed by atoms with Crippen LogP contribution in [0.4, 0.5) is 5.82 Å². The van der Waals surface area contributed by atoms with Gasteiger partial charge in [-0.15, -0.1) is 11.3 Å². The Morgan fingerprint density at radius 2 is 1.84 bits per heavy atom. The van der Waals surface area contributed by atoms with Gasteiger partial charge in [-0.3, -0.25) is 9.69 Å². The molecular formula is C24H27N5OS.